The SMILES string of the molecule is O=C(O)c1s[c]nc1C(F)(F)F. The molecule has 0 saturated heterocycles. The highest BCUT2D eigenvalue weighted by Gasteiger charge is 2.38. The lowest BCUT2D eigenvalue weighted by atomic mass is 10.3. The van der Waals surface area contributed by atoms with E-state index in [2.05, 4.69) is 4.98 Å². The number of hydrogen-bond donors (Lipinski definition) is 1. The molecular formula is C5HF3NO2S. The first kappa shape index (κ1) is 8.98. The van der Waals surface area contributed by atoms with Crippen LogP contribution in [-0.2, 0) is 6.18 Å². The average Bonchev–Trinajstić information content (AvgIpc) is 2.30. The molecule has 0 aromatic carbocycles. The fourth-order valence-corrected chi connectivity index (χ4v) is 1.12. The van der Waals surface area contributed by atoms with Gasteiger partial charge in [0.25, 0.3) is 0 Å². The van der Waals surface area contributed by atoms with E-state index in [0.29, 0.717) is 11.3 Å². The van der Waals surface area contributed by atoms with E-state index in [1.54, 1.807) is 0 Å². The van der Waals surface area contributed by atoms with Crippen LogP contribution in [0.15, 0.2) is 0 Å². The van der Waals surface area contributed by atoms with Gasteiger partial charge in [0.15, 0.2) is 11.2 Å². The monoisotopic (exact) mass is 196 g/mol. The molecule has 1 rings (SSSR count). The highest BCUT2D eigenvalue weighted by Crippen LogP contribution is 2.32. The molecule has 0 unspecified atom stereocenters. The van der Waals surface area contributed by atoms with E-state index >= 15 is 0 Å². The first-order valence-corrected chi connectivity index (χ1v) is 3.42. The maximum absolute atomic E-state index is 11.9. The van der Waals surface area contributed by atoms with Crippen molar-refractivity contribution in [1.82, 2.24) is 4.98 Å². The van der Waals surface area contributed by atoms with Gasteiger partial charge in [0.2, 0.25) is 0 Å². The van der Waals surface area contributed by atoms with Crippen LogP contribution in [-0.4, -0.2) is 16.1 Å². The third kappa shape index (κ3) is 1.55. The summed E-state index contributed by atoms with van der Waals surface area (Å²) in [7, 11) is 0. The van der Waals surface area contributed by atoms with E-state index in [1.807, 2.05) is 5.51 Å². The number of carbonyl (C=O) groups is 1. The summed E-state index contributed by atoms with van der Waals surface area (Å²) >= 11 is 0.329. The molecule has 0 bridgehead atoms. The molecule has 0 saturated carbocycles. The van der Waals surface area contributed by atoms with Gasteiger partial charge in [0, 0.05) is 0 Å². The molecule has 0 amide bonds. The minimum atomic E-state index is -4.72. The number of thiazole rings is 1. The Morgan fingerprint density at radius 2 is 2.17 bits per heavy atom. The third-order valence-electron chi connectivity index (χ3n) is 0.983. The maximum atomic E-state index is 11.9. The number of carboxylic acids is 1. The Hall–Kier alpha value is -1.11. The van der Waals surface area contributed by atoms with E-state index in [9.17, 15) is 18.0 Å². The van der Waals surface area contributed by atoms with Crippen molar-refractivity contribution >= 4 is 17.3 Å². The van der Waals surface area contributed by atoms with Gasteiger partial charge in [-0.05, 0) is 0 Å². The zero-order valence-corrected chi connectivity index (χ0v) is 6.16. The van der Waals surface area contributed by atoms with Gasteiger partial charge in [0.05, 0.1) is 0 Å². The van der Waals surface area contributed by atoms with Gasteiger partial charge in [-0.25, -0.2) is 9.78 Å². The summed E-state index contributed by atoms with van der Waals surface area (Å²) < 4.78 is 35.7. The number of halogens is 3. The van der Waals surface area contributed by atoms with E-state index < -0.39 is 22.7 Å². The van der Waals surface area contributed by atoms with Crippen molar-refractivity contribution in [2.75, 3.05) is 0 Å². The van der Waals surface area contributed by atoms with Crippen LogP contribution in [0.5, 0.6) is 0 Å². The van der Waals surface area contributed by atoms with Crippen molar-refractivity contribution in [2.45, 2.75) is 6.18 Å². The molecular weight excluding hydrogens is 195 g/mol. The largest absolute Gasteiger partial charge is 0.477 e. The number of carboxylic acid groups (broad SMARTS) is 1. The van der Waals surface area contributed by atoms with Crippen LogP contribution >= 0.6 is 11.3 Å². The number of aromatic carboxylic acids is 1. The number of hydrogen-bond acceptors (Lipinski definition) is 3. The lowest BCUT2D eigenvalue weighted by molar-refractivity contribution is -0.141. The Kier molecular flexibility index (Phi) is 2.05. The summed E-state index contributed by atoms with van der Waals surface area (Å²) in [5.74, 6) is -1.64. The van der Waals surface area contributed by atoms with E-state index in [0.717, 1.165) is 0 Å². The lowest BCUT2D eigenvalue weighted by Gasteiger charge is -2.01. The van der Waals surface area contributed by atoms with Crippen LogP contribution in [0.2, 0.25) is 0 Å². The summed E-state index contributed by atoms with van der Waals surface area (Å²) in [5, 5.41) is 8.27. The third-order valence-corrected chi connectivity index (χ3v) is 1.74. The zero-order valence-electron chi connectivity index (χ0n) is 5.34. The van der Waals surface area contributed by atoms with E-state index in [4.69, 9.17) is 5.11 Å². The van der Waals surface area contributed by atoms with E-state index in [-0.39, 0.29) is 0 Å². The number of alkyl halides is 3. The topological polar surface area (TPSA) is 50.2 Å². The molecule has 0 aliphatic heterocycles. The fourth-order valence-electron chi connectivity index (χ4n) is 0.550. The fraction of sp³-hybridized carbons (Fsp3) is 0.200. The van der Waals surface area contributed by atoms with Gasteiger partial charge in [0.1, 0.15) is 4.88 Å². The Morgan fingerprint density at radius 1 is 1.58 bits per heavy atom. The lowest BCUT2D eigenvalue weighted by Crippen LogP contribution is -2.11. The second-order valence-electron chi connectivity index (χ2n) is 1.79. The van der Waals surface area contributed by atoms with Crippen molar-refractivity contribution in [3.63, 3.8) is 0 Å². The summed E-state index contributed by atoms with van der Waals surface area (Å²) in [6, 6.07) is 0. The Morgan fingerprint density at radius 3 is 2.50 bits per heavy atom. The molecule has 1 aromatic heterocycles. The molecule has 1 radical (unpaired) electrons. The molecule has 0 spiro atoms. The summed E-state index contributed by atoms with van der Waals surface area (Å²) in [6.07, 6.45) is -4.72. The normalized spacial score (nSPS) is 11.6. The highest BCUT2D eigenvalue weighted by atomic mass is 32.1. The average molecular weight is 196 g/mol. The Balaban J connectivity index is 3.17. The van der Waals surface area contributed by atoms with Gasteiger partial charge >= 0.3 is 12.1 Å². The van der Waals surface area contributed by atoms with E-state index in [1.165, 1.54) is 0 Å². The molecule has 1 aromatic rings. The molecule has 0 aliphatic carbocycles. The summed E-state index contributed by atoms with van der Waals surface area (Å²) in [6.45, 7) is 0. The van der Waals surface area contributed by atoms with Crippen LogP contribution in [0.25, 0.3) is 0 Å². The number of nitrogens with zero attached hydrogens (tertiary/aromatic N) is 1. The number of aromatic nitrogens is 1. The first-order valence-electron chi connectivity index (χ1n) is 2.60. The van der Waals surface area contributed by atoms with Crippen molar-refractivity contribution in [2.24, 2.45) is 0 Å². The van der Waals surface area contributed by atoms with Crippen LogP contribution in [0, 0.1) is 5.51 Å². The predicted molar refractivity (Wildman–Crippen MR) is 32.9 cm³/mol. The molecule has 1 heterocycles. The zero-order chi connectivity index (χ0) is 9.35. The van der Waals surface area contributed by atoms with Crippen LogP contribution in [0.1, 0.15) is 15.4 Å². The number of rotatable bonds is 1. The van der Waals surface area contributed by atoms with Crippen LogP contribution < -0.4 is 0 Å². The van der Waals surface area contributed by atoms with Gasteiger partial charge < -0.3 is 5.11 Å². The van der Waals surface area contributed by atoms with Crippen molar-refractivity contribution < 1.29 is 23.1 Å². The smallest absolute Gasteiger partial charge is 0.435 e. The van der Waals surface area contributed by atoms with Gasteiger partial charge in [-0.3, -0.25) is 0 Å². The molecule has 3 nitrogen and oxygen atoms in total. The molecule has 7 heteroatoms. The maximum Gasteiger partial charge on any atom is 0.435 e. The van der Waals surface area contributed by atoms with Crippen molar-refractivity contribution in [3.8, 4) is 0 Å². The summed E-state index contributed by atoms with van der Waals surface area (Å²) in [5.41, 5.74) is 0.488. The van der Waals surface area contributed by atoms with Crippen molar-refractivity contribution in [3.05, 3.63) is 16.1 Å². The molecule has 0 aliphatic rings. The second kappa shape index (κ2) is 2.74. The minimum absolute atomic E-state index is 0.329. The molecule has 0 atom stereocenters. The quantitative estimate of drug-likeness (QED) is 0.743. The van der Waals surface area contributed by atoms with Gasteiger partial charge in [-0.2, -0.15) is 13.2 Å². The van der Waals surface area contributed by atoms with Crippen molar-refractivity contribution in [1.29, 1.82) is 0 Å². The molecule has 12 heavy (non-hydrogen) atoms. The Labute approximate surface area is 68.5 Å². The van der Waals surface area contributed by atoms with Gasteiger partial charge in [-0.1, -0.05) is 0 Å². The molecule has 0 fully saturated rings. The minimum Gasteiger partial charge on any atom is -0.477 e. The van der Waals surface area contributed by atoms with Gasteiger partial charge in [-0.15, -0.1) is 11.3 Å². The summed E-state index contributed by atoms with van der Waals surface area (Å²) in [4.78, 5) is 12.1. The van der Waals surface area contributed by atoms with Crippen LogP contribution in [0.4, 0.5) is 13.2 Å². The standard InChI is InChI=1S/C5HF3NO2S/c6-5(7,8)3-2(4(10)11)12-1-9-3/h(H,10,11). The van der Waals surface area contributed by atoms with Crippen LogP contribution in [0.3, 0.4) is 0 Å². The predicted octanol–water partition coefficient (Wildman–Crippen LogP) is 1.66. The first-order chi connectivity index (χ1) is 5.43. The Bertz CT molecular complexity index is 306. The molecule has 65 valence electrons. The second-order valence-corrected chi connectivity index (χ2v) is 2.58. The molecule has 1 N–H and O–H groups in total. The highest BCUT2D eigenvalue weighted by molar-refractivity contribution is 7.11.